The Kier molecular flexibility index (Phi) is 6.37. The van der Waals surface area contributed by atoms with E-state index in [1.54, 1.807) is 6.07 Å². The Morgan fingerprint density at radius 2 is 1.39 bits per heavy atom. The maximum Gasteiger partial charge on any atom is 0.274 e. The summed E-state index contributed by atoms with van der Waals surface area (Å²) in [5.74, 6) is 0.628. The van der Waals surface area contributed by atoms with Crippen LogP contribution in [0.15, 0.2) is 72.8 Å². The van der Waals surface area contributed by atoms with Crippen LogP contribution in [0.25, 0.3) is 0 Å². The molecule has 0 unspecified atom stereocenters. The van der Waals surface area contributed by atoms with Gasteiger partial charge in [-0.25, -0.2) is 0 Å². The number of amides is 1. The van der Waals surface area contributed by atoms with Crippen LogP contribution in [0.2, 0.25) is 0 Å². The number of rotatable bonds is 7. The van der Waals surface area contributed by atoms with Crippen molar-refractivity contribution in [2.24, 2.45) is 0 Å². The summed E-state index contributed by atoms with van der Waals surface area (Å²) in [4.78, 5) is 16.8. The first-order valence-electron chi connectivity index (χ1n) is 9.48. The van der Waals surface area contributed by atoms with Crippen LogP contribution in [0.4, 0.5) is 5.82 Å². The van der Waals surface area contributed by atoms with E-state index in [2.05, 4.69) is 22.3 Å². The molecular formula is C23H26N4O. The number of benzene rings is 2. The summed E-state index contributed by atoms with van der Waals surface area (Å²) in [5.41, 5.74) is 2.65. The molecule has 3 rings (SSSR count). The number of aromatic nitrogens is 2. The predicted molar refractivity (Wildman–Crippen MR) is 112 cm³/mol. The second kappa shape index (κ2) is 9.13. The van der Waals surface area contributed by atoms with E-state index in [9.17, 15) is 4.79 Å². The van der Waals surface area contributed by atoms with Gasteiger partial charge in [-0.2, -0.15) is 0 Å². The highest BCUT2D eigenvalue weighted by atomic mass is 16.2. The lowest BCUT2D eigenvalue weighted by molar-refractivity contribution is 0.0683. The lowest BCUT2D eigenvalue weighted by Crippen LogP contribution is -2.37. The molecule has 0 spiro atoms. The number of hydrogen-bond acceptors (Lipinski definition) is 4. The fraction of sp³-hybridized carbons (Fsp3) is 0.261. The van der Waals surface area contributed by atoms with Crippen molar-refractivity contribution in [3.63, 3.8) is 0 Å². The quantitative estimate of drug-likeness (QED) is 0.623. The normalized spacial score (nSPS) is 10.7. The van der Waals surface area contributed by atoms with Gasteiger partial charge in [0.05, 0.1) is 0 Å². The molecule has 0 fully saturated rings. The van der Waals surface area contributed by atoms with Gasteiger partial charge in [0, 0.05) is 26.2 Å². The first-order valence-corrected chi connectivity index (χ1v) is 9.48. The molecule has 28 heavy (non-hydrogen) atoms. The highest BCUT2D eigenvalue weighted by molar-refractivity contribution is 5.92. The third-order valence-corrected chi connectivity index (χ3v) is 4.60. The van der Waals surface area contributed by atoms with Crippen LogP contribution in [0.5, 0.6) is 0 Å². The number of hydrogen-bond donors (Lipinski definition) is 0. The molecule has 0 aliphatic heterocycles. The fourth-order valence-electron chi connectivity index (χ4n) is 3.00. The molecule has 1 amide bonds. The van der Waals surface area contributed by atoms with Crippen molar-refractivity contribution in [3.8, 4) is 0 Å². The third kappa shape index (κ3) is 4.94. The largest absolute Gasteiger partial charge is 0.354 e. The number of nitrogens with zero attached hydrogens (tertiary/aromatic N) is 4. The summed E-state index contributed by atoms with van der Waals surface area (Å²) in [7, 11) is 1.97. The molecule has 0 aliphatic rings. The van der Waals surface area contributed by atoms with Crippen molar-refractivity contribution in [1.29, 1.82) is 0 Å². The van der Waals surface area contributed by atoms with Gasteiger partial charge in [-0.1, -0.05) is 60.7 Å². The average molecular weight is 374 g/mol. The first-order chi connectivity index (χ1) is 13.5. The van der Waals surface area contributed by atoms with Crippen molar-refractivity contribution in [1.82, 2.24) is 15.1 Å². The molecule has 3 aromatic rings. The minimum atomic E-state index is -0.108. The monoisotopic (exact) mass is 374 g/mol. The minimum Gasteiger partial charge on any atom is -0.354 e. The van der Waals surface area contributed by atoms with Crippen LogP contribution in [0.1, 0.15) is 35.5 Å². The van der Waals surface area contributed by atoms with Crippen LogP contribution in [-0.4, -0.2) is 34.1 Å². The van der Waals surface area contributed by atoms with Gasteiger partial charge in [-0.15, -0.1) is 10.2 Å². The average Bonchev–Trinajstić information content (AvgIpc) is 2.73. The number of anilines is 1. The highest BCUT2D eigenvalue weighted by Crippen LogP contribution is 2.15. The summed E-state index contributed by atoms with van der Waals surface area (Å²) in [6.45, 7) is 5.30. The number of carbonyl (C=O) groups is 1. The molecule has 0 saturated heterocycles. The molecule has 0 atom stereocenters. The minimum absolute atomic E-state index is 0.0648. The van der Waals surface area contributed by atoms with Crippen LogP contribution >= 0.6 is 0 Å². The predicted octanol–water partition coefficient (Wildman–Crippen LogP) is 4.16. The second-order valence-electron chi connectivity index (χ2n) is 7.13. The SMILES string of the molecule is CC(C)N(Cc1ccccc1)C(=O)c1ccc(N(C)Cc2ccccc2)nn1. The molecule has 0 saturated carbocycles. The van der Waals surface area contributed by atoms with Crippen LogP contribution < -0.4 is 4.90 Å². The van der Waals surface area contributed by atoms with Gasteiger partial charge >= 0.3 is 0 Å². The van der Waals surface area contributed by atoms with E-state index in [1.807, 2.05) is 85.3 Å². The number of carbonyl (C=O) groups excluding carboxylic acids is 1. The molecule has 5 heteroatoms. The molecule has 144 valence electrons. The zero-order chi connectivity index (χ0) is 19.9. The van der Waals surface area contributed by atoms with E-state index >= 15 is 0 Å². The Balaban J connectivity index is 1.71. The van der Waals surface area contributed by atoms with Gasteiger partial charge in [-0.3, -0.25) is 4.79 Å². The van der Waals surface area contributed by atoms with Gasteiger partial charge < -0.3 is 9.80 Å². The van der Waals surface area contributed by atoms with Gasteiger partial charge in [0.25, 0.3) is 5.91 Å². The molecule has 0 bridgehead atoms. The standard InChI is InChI=1S/C23H26N4O/c1-18(2)27(17-20-12-8-5-9-13-20)23(28)21-14-15-22(25-24-21)26(3)16-19-10-6-4-7-11-19/h4-15,18H,16-17H2,1-3H3. The summed E-state index contributed by atoms with van der Waals surface area (Å²) in [6.07, 6.45) is 0. The smallest absolute Gasteiger partial charge is 0.274 e. The van der Waals surface area contributed by atoms with Crippen molar-refractivity contribution >= 4 is 11.7 Å². The van der Waals surface area contributed by atoms with Crippen molar-refractivity contribution in [2.45, 2.75) is 33.0 Å². The third-order valence-electron chi connectivity index (χ3n) is 4.60. The molecule has 0 N–H and O–H groups in total. The second-order valence-corrected chi connectivity index (χ2v) is 7.13. The Bertz CT molecular complexity index is 879. The molecule has 0 aliphatic carbocycles. The van der Waals surface area contributed by atoms with Crippen molar-refractivity contribution in [2.75, 3.05) is 11.9 Å². The molecule has 2 aromatic carbocycles. The molecule has 5 nitrogen and oxygen atoms in total. The first kappa shape index (κ1) is 19.5. The van der Waals surface area contributed by atoms with E-state index < -0.39 is 0 Å². The van der Waals surface area contributed by atoms with Crippen LogP contribution in [0.3, 0.4) is 0 Å². The summed E-state index contributed by atoms with van der Waals surface area (Å²) in [5, 5.41) is 8.48. The van der Waals surface area contributed by atoms with E-state index in [0.717, 1.165) is 17.9 Å². The topological polar surface area (TPSA) is 49.3 Å². The Morgan fingerprint density at radius 3 is 1.89 bits per heavy atom. The molecule has 1 aromatic heterocycles. The van der Waals surface area contributed by atoms with Gasteiger partial charge in [-0.05, 0) is 37.1 Å². The van der Waals surface area contributed by atoms with E-state index in [-0.39, 0.29) is 11.9 Å². The summed E-state index contributed by atoms with van der Waals surface area (Å²) in [6, 6.07) is 23.8. The lowest BCUT2D eigenvalue weighted by Gasteiger charge is -2.26. The Labute approximate surface area is 166 Å². The van der Waals surface area contributed by atoms with Crippen LogP contribution in [-0.2, 0) is 13.1 Å². The fourth-order valence-corrected chi connectivity index (χ4v) is 3.00. The van der Waals surface area contributed by atoms with E-state index in [4.69, 9.17) is 0 Å². The summed E-state index contributed by atoms with van der Waals surface area (Å²) < 4.78 is 0. The maximum atomic E-state index is 13.0. The lowest BCUT2D eigenvalue weighted by atomic mass is 10.1. The van der Waals surface area contributed by atoms with Gasteiger partial charge in [0.15, 0.2) is 11.5 Å². The highest BCUT2D eigenvalue weighted by Gasteiger charge is 2.21. The Hall–Kier alpha value is -3.21. The van der Waals surface area contributed by atoms with Gasteiger partial charge in [0.2, 0.25) is 0 Å². The van der Waals surface area contributed by atoms with Gasteiger partial charge in [0.1, 0.15) is 0 Å². The van der Waals surface area contributed by atoms with Crippen LogP contribution in [0, 0.1) is 0 Å². The molecule has 1 heterocycles. The summed E-state index contributed by atoms with van der Waals surface area (Å²) >= 11 is 0. The van der Waals surface area contributed by atoms with Crippen molar-refractivity contribution in [3.05, 3.63) is 89.6 Å². The zero-order valence-corrected chi connectivity index (χ0v) is 16.6. The van der Waals surface area contributed by atoms with Crippen molar-refractivity contribution < 1.29 is 4.79 Å². The molecular weight excluding hydrogens is 348 g/mol. The zero-order valence-electron chi connectivity index (χ0n) is 16.6. The van der Waals surface area contributed by atoms with E-state index in [1.165, 1.54) is 5.56 Å². The Morgan fingerprint density at radius 1 is 0.821 bits per heavy atom. The molecule has 0 radical (unpaired) electrons. The van der Waals surface area contributed by atoms with E-state index in [0.29, 0.717) is 12.2 Å². The maximum absolute atomic E-state index is 13.0.